The molecule has 0 aliphatic rings. The maximum absolute atomic E-state index is 12.3. The molecule has 0 saturated carbocycles. The fraction of sp³-hybridized carbons (Fsp3) is 0.214. The number of carbonyl (C=O) groups excluding carboxylic acids is 2. The second-order valence-electron chi connectivity index (χ2n) is 4.96. The molecule has 0 spiro atoms. The molecule has 3 heterocycles. The van der Waals surface area contributed by atoms with Gasteiger partial charge < -0.3 is 11.1 Å². The van der Waals surface area contributed by atoms with Gasteiger partial charge in [0.05, 0.1) is 5.56 Å². The van der Waals surface area contributed by atoms with E-state index in [9.17, 15) is 9.59 Å². The predicted molar refractivity (Wildman–Crippen MR) is 88.1 cm³/mol. The first-order chi connectivity index (χ1) is 10.4. The lowest BCUT2D eigenvalue weighted by molar-refractivity contribution is 0.100. The lowest BCUT2D eigenvalue weighted by atomic mass is 10.1. The van der Waals surface area contributed by atoms with Crippen molar-refractivity contribution in [1.29, 1.82) is 0 Å². The van der Waals surface area contributed by atoms with Gasteiger partial charge in [-0.3, -0.25) is 14.0 Å². The molecule has 0 aliphatic heterocycles. The topological polar surface area (TPSA) is 89.5 Å². The Balaban J connectivity index is 1.92. The fourth-order valence-corrected chi connectivity index (χ4v) is 4.07. The number of fused-ring (bicyclic) bond motifs is 1. The molecule has 0 aliphatic carbocycles. The molecule has 0 aromatic carbocycles. The number of primary amides is 1. The highest BCUT2D eigenvalue weighted by Crippen LogP contribution is 2.32. The minimum absolute atomic E-state index is 0.311. The largest absolute Gasteiger partial charge is 0.365 e. The normalized spacial score (nSPS) is 11.0. The Labute approximate surface area is 134 Å². The number of aromatic nitrogens is 2. The Hall–Kier alpha value is -2.19. The molecule has 0 bridgehead atoms. The number of amides is 2. The average molecular weight is 334 g/mol. The number of hydrogen-bond donors (Lipinski definition) is 2. The van der Waals surface area contributed by atoms with Crippen LogP contribution in [0.3, 0.4) is 0 Å². The SMILES string of the molecule is Cc1cn2cc(C(=O)Nc3sc(C)c(C)c3C(N)=O)nc2s1. The van der Waals surface area contributed by atoms with Crippen molar-refractivity contribution >= 4 is 44.4 Å². The summed E-state index contributed by atoms with van der Waals surface area (Å²) in [6.45, 7) is 5.68. The van der Waals surface area contributed by atoms with Crippen molar-refractivity contribution in [2.75, 3.05) is 5.32 Å². The number of carbonyl (C=O) groups is 2. The van der Waals surface area contributed by atoms with E-state index in [4.69, 9.17) is 5.73 Å². The monoisotopic (exact) mass is 334 g/mol. The molecule has 22 heavy (non-hydrogen) atoms. The molecule has 3 aromatic heterocycles. The lowest BCUT2D eigenvalue weighted by Gasteiger charge is -2.02. The van der Waals surface area contributed by atoms with Crippen LogP contribution in [0.5, 0.6) is 0 Å². The zero-order valence-corrected chi connectivity index (χ0v) is 13.9. The molecule has 3 aromatic rings. The van der Waals surface area contributed by atoms with E-state index in [1.54, 1.807) is 6.20 Å². The molecule has 0 saturated heterocycles. The van der Waals surface area contributed by atoms with Crippen LogP contribution in [0.4, 0.5) is 5.00 Å². The van der Waals surface area contributed by atoms with Crippen molar-refractivity contribution in [2.45, 2.75) is 20.8 Å². The molecule has 0 unspecified atom stereocenters. The van der Waals surface area contributed by atoms with Gasteiger partial charge in [-0.25, -0.2) is 4.98 Å². The van der Waals surface area contributed by atoms with Gasteiger partial charge in [-0.1, -0.05) is 0 Å². The van der Waals surface area contributed by atoms with Crippen molar-refractivity contribution in [3.05, 3.63) is 39.0 Å². The van der Waals surface area contributed by atoms with Crippen LogP contribution in [-0.2, 0) is 0 Å². The third kappa shape index (κ3) is 2.40. The third-order valence-electron chi connectivity index (χ3n) is 3.36. The van der Waals surface area contributed by atoms with E-state index in [0.717, 1.165) is 20.3 Å². The summed E-state index contributed by atoms with van der Waals surface area (Å²) in [6, 6.07) is 0. The molecular formula is C14H14N4O2S2. The van der Waals surface area contributed by atoms with Crippen LogP contribution < -0.4 is 11.1 Å². The van der Waals surface area contributed by atoms with Gasteiger partial charge in [0.2, 0.25) is 0 Å². The van der Waals surface area contributed by atoms with Gasteiger partial charge in [-0.15, -0.1) is 22.7 Å². The summed E-state index contributed by atoms with van der Waals surface area (Å²) in [5, 5.41) is 3.21. The molecule has 0 fully saturated rings. The van der Waals surface area contributed by atoms with E-state index in [1.807, 2.05) is 31.4 Å². The Bertz CT molecular complexity index is 872. The number of hydrogen-bond acceptors (Lipinski definition) is 5. The van der Waals surface area contributed by atoms with Crippen molar-refractivity contribution in [2.24, 2.45) is 5.73 Å². The van der Waals surface area contributed by atoms with Gasteiger partial charge >= 0.3 is 0 Å². The summed E-state index contributed by atoms with van der Waals surface area (Å²) < 4.78 is 1.81. The number of nitrogens with zero attached hydrogens (tertiary/aromatic N) is 2. The first-order valence-corrected chi connectivity index (χ1v) is 8.16. The smallest absolute Gasteiger partial charge is 0.276 e. The quantitative estimate of drug-likeness (QED) is 0.772. The highest BCUT2D eigenvalue weighted by molar-refractivity contribution is 7.17. The van der Waals surface area contributed by atoms with Crippen LogP contribution in [0.25, 0.3) is 4.96 Å². The van der Waals surface area contributed by atoms with Gasteiger partial charge in [0.15, 0.2) is 4.96 Å². The predicted octanol–water partition coefficient (Wildman–Crippen LogP) is 2.73. The Morgan fingerprint density at radius 2 is 1.95 bits per heavy atom. The number of nitrogens with two attached hydrogens (primary N) is 1. The average Bonchev–Trinajstić information content (AvgIpc) is 3.02. The van der Waals surface area contributed by atoms with Crippen LogP contribution >= 0.6 is 22.7 Å². The van der Waals surface area contributed by atoms with Crippen LogP contribution in [0.2, 0.25) is 0 Å². The highest BCUT2D eigenvalue weighted by Gasteiger charge is 2.20. The molecule has 3 rings (SSSR count). The summed E-state index contributed by atoms with van der Waals surface area (Å²) in [5.41, 5.74) is 6.88. The zero-order chi connectivity index (χ0) is 16.0. The molecule has 2 amide bonds. The Kier molecular flexibility index (Phi) is 3.50. The number of nitrogens with one attached hydrogen (secondary N) is 1. The minimum atomic E-state index is -0.543. The van der Waals surface area contributed by atoms with Crippen LogP contribution in [0.1, 0.15) is 36.2 Å². The first kappa shape index (κ1) is 14.7. The second-order valence-corrected chi connectivity index (χ2v) is 7.40. The maximum atomic E-state index is 12.3. The summed E-state index contributed by atoms with van der Waals surface area (Å²) >= 11 is 2.85. The maximum Gasteiger partial charge on any atom is 0.276 e. The summed E-state index contributed by atoms with van der Waals surface area (Å²) in [7, 11) is 0. The Morgan fingerprint density at radius 3 is 2.59 bits per heavy atom. The van der Waals surface area contributed by atoms with Gasteiger partial charge in [-0.2, -0.15) is 0 Å². The number of aryl methyl sites for hydroxylation is 2. The lowest BCUT2D eigenvalue weighted by Crippen LogP contribution is -2.17. The molecule has 0 radical (unpaired) electrons. The van der Waals surface area contributed by atoms with Crippen molar-refractivity contribution in [3.63, 3.8) is 0 Å². The van der Waals surface area contributed by atoms with E-state index in [1.165, 1.54) is 22.7 Å². The van der Waals surface area contributed by atoms with E-state index in [0.29, 0.717) is 16.3 Å². The Morgan fingerprint density at radius 1 is 1.23 bits per heavy atom. The first-order valence-electron chi connectivity index (χ1n) is 6.53. The van der Waals surface area contributed by atoms with Gasteiger partial charge in [0.25, 0.3) is 11.8 Å². The van der Waals surface area contributed by atoms with Gasteiger partial charge in [-0.05, 0) is 26.3 Å². The van der Waals surface area contributed by atoms with Gasteiger partial charge in [0.1, 0.15) is 10.7 Å². The second kappa shape index (κ2) is 5.22. The van der Waals surface area contributed by atoms with Crippen LogP contribution in [0, 0.1) is 20.8 Å². The number of rotatable bonds is 3. The molecule has 114 valence electrons. The molecule has 6 nitrogen and oxygen atoms in total. The van der Waals surface area contributed by atoms with E-state index in [-0.39, 0.29) is 5.91 Å². The number of thiophene rings is 1. The summed E-state index contributed by atoms with van der Waals surface area (Å²) in [4.78, 5) is 31.0. The zero-order valence-electron chi connectivity index (χ0n) is 12.3. The van der Waals surface area contributed by atoms with E-state index >= 15 is 0 Å². The molecule has 8 heteroatoms. The van der Waals surface area contributed by atoms with E-state index < -0.39 is 5.91 Å². The van der Waals surface area contributed by atoms with Crippen molar-refractivity contribution in [1.82, 2.24) is 9.38 Å². The standard InChI is InChI=1S/C14H14N4O2S2/c1-6-4-18-5-9(16-14(18)21-6)12(20)17-13-10(11(15)19)7(2)8(3)22-13/h4-5H,1-3H3,(H2,15,19)(H,17,20). The van der Waals surface area contributed by atoms with E-state index in [2.05, 4.69) is 10.3 Å². The summed E-state index contributed by atoms with van der Waals surface area (Å²) in [6.07, 6.45) is 3.59. The van der Waals surface area contributed by atoms with Crippen LogP contribution in [-0.4, -0.2) is 21.2 Å². The number of imidazole rings is 1. The minimum Gasteiger partial charge on any atom is -0.365 e. The van der Waals surface area contributed by atoms with Crippen LogP contribution in [0.15, 0.2) is 12.4 Å². The molecule has 3 N–H and O–H groups in total. The van der Waals surface area contributed by atoms with Crippen molar-refractivity contribution in [3.8, 4) is 0 Å². The summed E-state index contributed by atoms with van der Waals surface area (Å²) in [5.74, 6) is -0.893. The highest BCUT2D eigenvalue weighted by atomic mass is 32.1. The van der Waals surface area contributed by atoms with Gasteiger partial charge in [0, 0.05) is 22.1 Å². The molecule has 0 atom stereocenters. The molecular weight excluding hydrogens is 320 g/mol. The van der Waals surface area contributed by atoms with Crippen molar-refractivity contribution < 1.29 is 9.59 Å². The number of anilines is 1. The number of thiazole rings is 1. The fourth-order valence-electron chi connectivity index (χ4n) is 2.20. The third-order valence-corrected chi connectivity index (χ3v) is 5.40.